The molecule has 3 N–H and O–H groups in total. The summed E-state index contributed by atoms with van der Waals surface area (Å²) in [5.41, 5.74) is 0.0374. The average Bonchev–Trinajstić information content (AvgIpc) is 2.84. The maximum atomic E-state index is 13.6. The zero-order valence-corrected chi connectivity index (χ0v) is 18.9. The van der Waals surface area contributed by atoms with Crippen LogP contribution in [-0.4, -0.2) is 60.3 Å². The molecule has 1 unspecified atom stereocenters. The van der Waals surface area contributed by atoms with E-state index in [4.69, 9.17) is 14.2 Å². The quantitative estimate of drug-likeness (QED) is 0.451. The van der Waals surface area contributed by atoms with Gasteiger partial charge in [-0.05, 0) is 29.3 Å². The SMILES string of the molecule is COCCNC(=O)[C@@]1(OCc2cccc(F)c2)CC(OCc2ccccc2C#N)[C@H](O)[C@H](O)C1. The van der Waals surface area contributed by atoms with Crippen LogP contribution in [0.15, 0.2) is 48.5 Å². The number of benzene rings is 2. The van der Waals surface area contributed by atoms with Gasteiger partial charge in [0.05, 0.1) is 43.7 Å². The van der Waals surface area contributed by atoms with Crippen molar-refractivity contribution in [1.29, 1.82) is 5.26 Å². The first kappa shape index (κ1) is 25.7. The molecular formula is C25H29FN2O6. The fourth-order valence-corrected chi connectivity index (χ4v) is 3.99. The Kier molecular flexibility index (Phi) is 9.10. The largest absolute Gasteiger partial charge is 0.390 e. The maximum Gasteiger partial charge on any atom is 0.252 e. The number of carbonyl (C=O) groups excluding carboxylic acids is 1. The number of amides is 1. The van der Waals surface area contributed by atoms with Crippen molar-refractivity contribution in [3.63, 3.8) is 0 Å². The zero-order valence-electron chi connectivity index (χ0n) is 18.9. The number of halogens is 1. The molecule has 1 aliphatic carbocycles. The van der Waals surface area contributed by atoms with E-state index < -0.39 is 35.6 Å². The lowest BCUT2D eigenvalue weighted by Gasteiger charge is -2.44. The Morgan fingerprint density at radius 2 is 2.00 bits per heavy atom. The van der Waals surface area contributed by atoms with Gasteiger partial charge in [-0.2, -0.15) is 5.26 Å². The summed E-state index contributed by atoms with van der Waals surface area (Å²) >= 11 is 0. The number of hydrogen-bond acceptors (Lipinski definition) is 7. The maximum absolute atomic E-state index is 13.6. The average molecular weight is 473 g/mol. The third-order valence-corrected chi connectivity index (χ3v) is 5.85. The number of nitrogens with zero attached hydrogens (tertiary/aromatic N) is 1. The standard InChI is InChI=1S/C25H29FN2O6/c1-32-10-9-28-24(31)25(34-15-17-5-4-8-20(26)11-17)12-21(29)23(30)22(13-25)33-16-19-7-3-2-6-18(19)14-27/h2-8,11,21-23,29-30H,9-10,12-13,15-16H2,1H3,(H,28,31)/t21-,22?,23-,25+/m1/s1. The molecule has 0 saturated heterocycles. The van der Waals surface area contributed by atoms with Gasteiger partial charge in [0.15, 0.2) is 5.60 Å². The number of nitrogens with one attached hydrogen (secondary N) is 1. The van der Waals surface area contributed by atoms with Crippen LogP contribution in [0.1, 0.15) is 29.5 Å². The number of aliphatic hydroxyl groups excluding tert-OH is 2. The van der Waals surface area contributed by atoms with E-state index in [0.717, 1.165) is 0 Å². The molecule has 0 aromatic heterocycles. The summed E-state index contributed by atoms with van der Waals surface area (Å²) < 4.78 is 30.5. The number of methoxy groups -OCH3 is 1. The Bertz CT molecular complexity index is 1010. The lowest BCUT2D eigenvalue weighted by Crippen LogP contribution is -2.60. The molecule has 1 aliphatic rings. The summed E-state index contributed by atoms with van der Waals surface area (Å²) in [7, 11) is 1.51. The van der Waals surface area contributed by atoms with Crippen LogP contribution < -0.4 is 5.32 Å². The molecule has 8 nitrogen and oxygen atoms in total. The Morgan fingerprint density at radius 1 is 1.21 bits per heavy atom. The summed E-state index contributed by atoms with van der Waals surface area (Å²) in [6.45, 7) is 0.424. The molecule has 1 saturated carbocycles. The van der Waals surface area contributed by atoms with Crippen LogP contribution in [0, 0.1) is 17.1 Å². The van der Waals surface area contributed by atoms with Crippen LogP contribution in [0.25, 0.3) is 0 Å². The van der Waals surface area contributed by atoms with Crippen molar-refractivity contribution in [2.75, 3.05) is 20.3 Å². The minimum absolute atomic E-state index is 0.00342. The monoisotopic (exact) mass is 472 g/mol. The zero-order chi connectivity index (χ0) is 24.6. The number of carbonyl (C=O) groups is 1. The van der Waals surface area contributed by atoms with Crippen molar-refractivity contribution >= 4 is 5.91 Å². The Balaban J connectivity index is 1.81. The summed E-state index contributed by atoms with van der Waals surface area (Å²) in [6, 6.07) is 14.8. The molecule has 0 radical (unpaired) electrons. The first-order valence-corrected chi connectivity index (χ1v) is 11.0. The van der Waals surface area contributed by atoms with E-state index in [1.165, 1.54) is 25.3 Å². The van der Waals surface area contributed by atoms with E-state index in [1.54, 1.807) is 30.3 Å². The Morgan fingerprint density at radius 3 is 2.74 bits per heavy atom. The molecule has 0 spiro atoms. The van der Waals surface area contributed by atoms with E-state index in [-0.39, 0.29) is 39.2 Å². The number of ether oxygens (including phenoxy) is 3. The minimum atomic E-state index is -1.53. The number of aliphatic hydroxyl groups is 2. The third kappa shape index (κ3) is 6.38. The predicted molar refractivity (Wildman–Crippen MR) is 120 cm³/mol. The van der Waals surface area contributed by atoms with Gasteiger partial charge < -0.3 is 29.7 Å². The van der Waals surface area contributed by atoms with Crippen molar-refractivity contribution in [3.05, 3.63) is 71.0 Å². The molecule has 3 rings (SSSR count). The summed E-state index contributed by atoms with van der Waals surface area (Å²) in [5.74, 6) is -0.922. The van der Waals surface area contributed by atoms with E-state index in [0.29, 0.717) is 16.7 Å². The van der Waals surface area contributed by atoms with Gasteiger partial charge >= 0.3 is 0 Å². The van der Waals surface area contributed by atoms with E-state index in [1.807, 2.05) is 0 Å². The highest BCUT2D eigenvalue weighted by Crippen LogP contribution is 2.36. The molecular weight excluding hydrogens is 443 g/mol. The smallest absolute Gasteiger partial charge is 0.252 e. The first-order valence-electron chi connectivity index (χ1n) is 11.0. The molecule has 4 atom stereocenters. The highest BCUT2D eigenvalue weighted by Gasteiger charge is 2.51. The van der Waals surface area contributed by atoms with Gasteiger partial charge in [-0.15, -0.1) is 0 Å². The van der Waals surface area contributed by atoms with E-state index in [2.05, 4.69) is 11.4 Å². The van der Waals surface area contributed by atoms with E-state index in [9.17, 15) is 24.7 Å². The summed E-state index contributed by atoms with van der Waals surface area (Å²) in [4.78, 5) is 13.2. The lowest BCUT2D eigenvalue weighted by atomic mass is 9.78. The second-order valence-electron chi connectivity index (χ2n) is 8.25. The molecule has 2 aromatic rings. The molecule has 34 heavy (non-hydrogen) atoms. The topological polar surface area (TPSA) is 121 Å². The molecule has 1 fully saturated rings. The highest BCUT2D eigenvalue weighted by molar-refractivity contribution is 5.85. The van der Waals surface area contributed by atoms with Crippen LogP contribution in [0.2, 0.25) is 0 Å². The van der Waals surface area contributed by atoms with Gasteiger partial charge in [0, 0.05) is 26.5 Å². The molecule has 0 aliphatic heterocycles. The second kappa shape index (κ2) is 12.0. The number of rotatable bonds is 10. The van der Waals surface area contributed by atoms with Crippen molar-refractivity contribution < 1.29 is 33.6 Å². The van der Waals surface area contributed by atoms with Crippen molar-refractivity contribution in [3.8, 4) is 6.07 Å². The van der Waals surface area contributed by atoms with Gasteiger partial charge in [0.1, 0.15) is 11.9 Å². The van der Waals surface area contributed by atoms with Crippen molar-refractivity contribution in [1.82, 2.24) is 5.32 Å². The van der Waals surface area contributed by atoms with Crippen LogP contribution in [0.4, 0.5) is 4.39 Å². The van der Waals surface area contributed by atoms with Crippen LogP contribution in [0.5, 0.6) is 0 Å². The van der Waals surface area contributed by atoms with Crippen molar-refractivity contribution in [2.45, 2.75) is 50.0 Å². The predicted octanol–water partition coefficient (Wildman–Crippen LogP) is 1.82. The lowest BCUT2D eigenvalue weighted by molar-refractivity contribution is -0.200. The van der Waals surface area contributed by atoms with Gasteiger partial charge in [0.2, 0.25) is 0 Å². The van der Waals surface area contributed by atoms with Crippen LogP contribution >= 0.6 is 0 Å². The fourth-order valence-electron chi connectivity index (χ4n) is 3.99. The first-order chi connectivity index (χ1) is 16.4. The Hall–Kier alpha value is -2.87. The second-order valence-corrected chi connectivity index (χ2v) is 8.25. The number of nitriles is 1. The highest BCUT2D eigenvalue weighted by atomic mass is 19.1. The molecule has 9 heteroatoms. The number of hydrogen-bond donors (Lipinski definition) is 3. The molecule has 0 heterocycles. The van der Waals surface area contributed by atoms with Crippen molar-refractivity contribution in [2.24, 2.45) is 0 Å². The normalized spacial score (nSPS) is 24.4. The molecule has 1 amide bonds. The van der Waals surface area contributed by atoms with Gasteiger partial charge in [-0.3, -0.25) is 4.79 Å². The van der Waals surface area contributed by atoms with Crippen LogP contribution in [0.3, 0.4) is 0 Å². The third-order valence-electron chi connectivity index (χ3n) is 5.85. The van der Waals surface area contributed by atoms with E-state index >= 15 is 0 Å². The van der Waals surface area contributed by atoms with Crippen LogP contribution in [-0.2, 0) is 32.2 Å². The Labute approximate surface area is 197 Å². The molecule has 182 valence electrons. The summed E-state index contributed by atoms with van der Waals surface area (Å²) in [5, 5.41) is 33.2. The summed E-state index contributed by atoms with van der Waals surface area (Å²) in [6.07, 6.45) is -3.72. The molecule has 2 aromatic carbocycles. The van der Waals surface area contributed by atoms with Gasteiger partial charge in [-0.1, -0.05) is 30.3 Å². The van der Waals surface area contributed by atoms with Gasteiger partial charge in [-0.25, -0.2) is 4.39 Å². The fraction of sp³-hybridized carbons (Fsp3) is 0.440. The minimum Gasteiger partial charge on any atom is -0.390 e. The molecule has 0 bridgehead atoms. The van der Waals surface area contributed by atoms with Gasteiger partial charge in [0.25, 0.3) is 5.91 Å².